The van der Waals surface area contributed by atoms with Crippen LogP contribution in [0.4, 0.5) is 0 Å². The highest BCUT2D eigenvalue weighted by atomic mass is 28.4. The third kappa shape index (κ3) is 36.2. The van der Waals surface area contributed by atoms with Crippen molar-refractivity contribution in [3.8, 4) is 0 Å². The molecule has 0 aromatic rings. The van der Waals surface area contributed by atoms with Crippen LogP contribution in [0.25, 0.3) is 0 Å². The van der Waals surface area contributed by atoms with Gasteiger partial charge in [0.15, 0.2) is 0 Å². The van der Waals surface area contributed by atoms with E-state index in [0.717, 1.165) is 69.8 Å². The quantitative estimate of drug-likeness (QED) is 0.0446. The van der Waals surface area contributed by atoms with Crippen molar-refractivity contribution in [3.63, 3.8) is 0 Å². The summed E-state index contributed by atoms with van der Waals surface area (Å²) in [5, 5.41) is 0. The van der Waals surface area contributed by atoms with Gasteiger partial charge in [-0.2, -0.15) is 0 Å². The molecule has 0 saturated heterocycles. The van der Waals surface area contributed by atoms with E-state index in [0.29, 0.717) is 22.6 Å². The van der Waals surface area contributed by atoms with Crippen LogP contribution >= 0.6 is 0 Å². The zero-order valence-corrected chi connectivity index (χ0v) is 64.0. The molecule has 0 aromatic heterocycles. The van der Waals surface area contributed by atoms with Gasteiger partial charge in [-0.25, -0.2) is 0 Å². The first-order valence-electron chi connectivity index (χ1n) is 31.2. The van der Waals surface area contributed by atoms with Gasteiger partial charge >= 0.3 is 0 Å². The fourth-order valence-corrected chi connectivity index (χ4v) is 28.0. The number of hydrogen-bond donors (Lipinski definition) is 0. The van der Waals surface area contributed by atoms with Crippen LogP contribution in [-0.4, -0.2) is 77.1 Å². The van der Waals surface area contributed by atoms with Gasteiger partial charge in [-0.3, -0.25) is 0 Å². The minimum atomic E-state index is -1.86. The molecule has 0 saturated carbocycles. The maximum atomic E-state index is 6.55. The van der Waals surface area contributed by atoms with Gasteiger partial charge in [-0.05, 0) is 160 Å². The molecule has 0 aliphatic carbocycles. The van der Waals surface area contributed by atoms with Gasteiger partial charge in [-0.15, -0.1) is 0 Å². The zero-order valence-electron chi connectivity index (χ0n) is 59.0. The summed E-state index contributed by atoms with van der Waals surface area (Å²) in [6.45, 7) is 60.7. The summed E-state index contributed by atoms with van der Waals surface area (Å²) < 4.78 is 57.7. The number of allylic oxidation sites excluding steroid dienone is 5. The van der Waals surface area contributed by atoms with Crippen molar-refractivity contribution in [2.45, 2.75) is 322 Å². The topological polar surface area (TPSA) is 92.3 Å². The predicted octanol–water partition coefficient (Wildman–Crippen LogP) is 23.0. The van der Waals surface area contributed by atoms with Gasteiger partial charge in [0.2, 0.25) is 8.32 Å². The van der Waals surface area contributed by atoms with Crippen molar-refractivity contribution in [2.75, 3.05) is 35.5 Å². The molecule has 10 nitrogen and oxygen atoms in total. The Hall–Kier alpha value is -2.22. The summed E-state index contributed by atoms with van der Waals surface area (Å²) in [5.41, 5.74) is 7.37. The number of ether oxygens (including phenoxy) is 5. The number of hydrogen-bond acceptors (Lipinski definition) is 10. The molecule has 474 valence electrons. The van der Waals surface area contributed by atoms with Crippen LogP contribution in [0.3, 0.4) is 0 Å². The average Bonchev–Trinajstić information content (AvgIpc) is 3.37. The normalized spacial score (nSPS) is 11.3. The third-order valence-corrected chi connectivity index (χ3v) is 34.8. The Labute approximate surface area is 499 Å². The summed E-state index contributed by atoms with van der Waals surface area (Å²) in [6, 6.07) is 11.0. The Balaban J connectivity index is -0.000000292. The molecule has 0 fully saturated rings. The van der Waals surface area contributed by atoms with E-state index >= 15 is 0 Å². The first-order valence-corrected chi connectivity index (χ1v) is 44.4. The molecule has 0 atom stereocenters. The molecule has 0 N–H and O–H groups in total. The average molecular weight is 1210 g/mol. The number of unbranched alkanes of at least 4 members (excludes halogenated alkanes) is 3. The fraction of sp³-hybridized carbons (Fsp3) is 0.844. The van der Waals surface area contributed by atoms with Crippen molar-refractivity contribution in [1.29, 1.82) is 0 Å². The van der Waals surface area contributed by atoms with Crippen molar-refractivity contribution < 1.29 is 45.8 Å². The maximum Gasteiger partial charge on any atom is 0.263 e. The lowest BCUT2D eigenvalue weighted by Gasteiger charge is -2.42. The Bertz CT molecular complexity index is 1600. The highest BCUT2D eigenvalue weighted by Gasteiger charge is 2.48. The molecule has 0 heterocycles. The van der Waals surface area contributed by atoms with Crippen molar-refractivity contribution >= 4 is 41.6 Å². The molecule has 0 spiro atoms. The lowest BCUT2D eigenvalue weighted by atomic mass is 10.4. The minimum Gasteiger partial charge on any atom is -0.520 e. The number of rotatable bonds is 36. The lowest BCUT2D eigenvalue weighted by molar-refractivity contribution is 0.132. The Morgan fingerprint density at radius 3 is 0.671 bits per heavy atom. The number of methoxy groups -OCH3 is 5. The standard InChI is InChI=1S/C17H36O2Si.2C14H30O2Si.C11H24O2Si.C8H18O2Si/c1-7-10-13-20(14-11-8-2,15-12-9-3)19-17(18-6)16(4)5;1-10(2)14(15-9)16-17(11(3)4,12(5)6)13(7)8;1-7-10-17(11-8-2,12-9-3)16-14(15-6)13(4)5;1-7-14(8-2,9-3)13-11(12-6)10(4)5;1-7(2)8(9-3)10-11(4,5)6/h7-15H2,1-6H3;11-13H,1-9H3;7-12H2,1-6H3;7-9H2,1-6H3;1-6H3. The first-order chi connectivity index (χ1) is 36.7. The molecule has 0 aliphatic heterocycles. The van der Waals surface area contributed by atoms with E-state index in [1.165, 1.54) is 94.1 Å². The van der Waals surface area contributed by atoms with E-state index in [1.807, 2.05) is 41.5 Å². The molecule has 79 heavy (non-hydrogen) atoms. The van der Waals surface area contributed by atoms with Gasteiger partial charge in [0.1, 0.15) is 0 Å². The second-order valence-corrected chi connectivity index (χ2v) is 47.2. The maximum absolute atomic E-state index is 6.55. The molecule has 0 rings (SSSR count). The van der Waals surface area contributed by atoms with E-state index in [2.05, 4.69) is 151 Å². The van der Waals surface area contributed by atoms with Crippen LogP contribution in [0.1, 0.15) is 231 Å². The summed E-state index contributed by atoms with van der Waals surface area (Å²) in [6.07, 6.45) is 11.3. The molecule has 0 aromatic carbocycles. The van der Waals surface area contributed by atoms with Gasteiger partial charge in [0.05, 0.1) is 35.5 Å². The van der Waals surface area contributed by atoms with Gasteiger partial charge in [-0.1, -0.05) is 162 Å². The van der Waals surface area contributed by atoms with Crippen molar-refractivity contribution in [1.82, 2.24) is 0 Å². The summed E-state index contributed by atoms with van der Waals surface area (Å²) in [4.78, 5) is 0. The lowest BCUT2D eigenvalue weighted by Crippen LogP contribution is -2.47. The molecule has 0 radical (unpaired) electrons. The van der Waals surface area contributed by atoms with E-state index < -0.39 is 41.6 Å². The smallest absolute Gasteiger partial charge is 0.263 e. The van der Waals surface area contributed by atoms with Crippen LogP contribution in [0.2, 0.25) is 90.7 Å². The van der Waals surface area contributed by atoms with E-state index in [1.54, 1.807) is 35.5 Å². The highest BCUT2D eigenvalue weighted by molar-refractivity contribution is 6.78. The van der Waals surface area contributed by atoms with Crippen LogP contribution < -0.4 is 0 Å². The Morgan fingerprint density at radius 1 is 0.291 bits per heavy atom. The van der Waals surface area contributed by atoms with Crippen molar-refractivity contribution in [2.24, 2.45) is 0 Å². The molecular weight excluding hydrogens is 1070 g/mol. The van der Waals surface area contributed by atoms with Crippen LogP contribution in [0, 0.1) is 0 Å². The largest absolute Gasteiger partial charge is 0.520 e. The molecule has 0 unspecified atom stereocenters. The van der Waals surface area contributed by atoms with Crippen LogP contribution in [0.5, 0.6) is 0 Å². The molecule has 0 aliphatic rings. The zero-order chi connectivity index (χ0) is 62.8. The monoisotopic (exact) mass is 1210 g/mol. The molecule has 0 bridgehead atoms. The Kier molecular flexibility index (Phi) is 51.1. The first kappa shape index (κ1) is 85.6. The van der Waals surface area contributed by atoms with Gasteiger partial charge in [0, 0.05) is 27.9 Å². The summed E-state index contributed by atoms with van der Waals surface area (Å²) in [7, 11) is 0.267. The van der Waals surface area contributed by atoms with E-state index in [-0.39, 0.29) is 0 Å². The van der Waals surface area contributed by atoms with Gasteiger partial charge in [0.25, 0.3) is 63.0 Å². The minimum absolute atomic E-state index is 0.576. The second kappa shape index (κ2) is 47.2. The summed E-state index contributed by atoms with van der Waals surface area (Å²) >= 11 is 0. The SMILES string of the molecule is CCCC[Si](CCCC)(CCCC)OC(OC)=C(C)C.CCC[Si](CCC)(CCC)OC(OC)=C(C)C.CC[Si](CC)(CC)OC(OC)=C(C)C.COC(O[Si](C(C)C)(C(C)C)C(C)C)=C(C)C.COC(O[Si](C)(C)C)=C(C)C. The summed E-state index contributed by atoms with van der Waals surface area (Å²) in [5.74, 6) is 3.71. The molecule has 15 heteroatoms. The highest BCUT2D eigenvalue weighted by Crippen LogP contribution is 2.44. The molecule has 0 amide bonds. The van der Waals surface area contributed by atoms with Crippen LogP contribution in [-0.2, 0) is 45.8 Å². The fourth-order valence-electron chi connectivity index (χ4n) is 10.0. The van der Waals surface area contributed by atoms with E-state index in [4.69, 9.17) is 45.8 Å². The van der Waals surface area contributed by atoms with Crippen molar-refractivity contribution in [3.05, 3.63) is 57.6 Å². The predicted molar refractivity (Wildman–Crippen MR) is 360 cm³/mol. The van der Waals surface area contributed by atoms with E-state index in [9.17, 15) is 0 Å². The Morgan fingerprint density at radius 2 is 0.506 bits per heavy atom. The second-order valence-electron chi connectivity index (χ2n) is 24.6. The third-order valence-electron chi connectivity index (χ3n) is 14.3. The molecular formula is C64H138O10Si5. The van der Waals surface area contributed by atoms with Gasteiger partial charge < -0.3 is 45.8 Å². The van der Waals surface area contributed by atoms with Crippen LogP contribution in [0.15, 0.2) is 57.6 Å².